The Morgan fingerprint density at radius 1 is 1.65 bits per heavy atom. The van der Waals surface area contributed by atoms with Crippen molar-refractivity contribution in [1.29, 1.82) is 0 Å². The molecule has 1 fully saturated rings. The summed E-state index contributed by atoms with van der Waals surface area (Å²) >= 11 is 5.20. The molecule has 0 amide bonds. The second-order valence-corrected chi connectivity index (χ2v) is 5.69. The molecule has 1 atom stereocenters. The number of thioether (sulfide) groups is 1. The molecule has 1 saturated heterocycles. The van der Waals surface area contributed by atoms with Crippen LogP contribution in [0.2, 0.25) is 0 Å². The second-order valence-electron chi connectivity index (χ2n) is 3.82. The molecular formula is C11H16BrN3OS. The van der Waals surface area contributed by atoms with Crippen molar-refractivity contribution in [2.24, 2.45) is 0 Å². The van der Waals surface area contributed by atoms with Gasteiger partial charge in [-0.2, -0.15) is 0 Å². The van der Waals surface area contributed by atoms with Crippen LogP contribution in [0.5, 0.6) is 0 Å². The minimum Gasteiger partial charge on any atom is -0.377 e. The van der Waals surface area contributed by atoms with Crippen LogP contribution in [-0.4, -0.2) is 35.0 Å². The first-order chi connectivity index (χ1) is 8.29. The van der Waals surface area contributed by atoms with Gasteiger partial charge in [0.15, 0.2) is 0 Å². The van der Waals surface area contributed by atoms with Crippen LogP contribution in [0.15, 0.2) is 15.7 Å². The van der Waals surface area contributed by atoms with Gasteiger partial charge in [0.05, 0.1) is 10.6 Å². The number of nitrogens with zero attached hydrogens (tertiary/aromatic N) is 2. The van der Waals surface area contributed by atoms with Crippen LogP contribution in [0.25, 0.3) is 0 Å². The van der Waals surface area contributed by atoms with Crippen LogP contribution >= 0.6 is 27.7 Å². The van der Waals surface area contributed by atoms with E-state index < -0.39 is 0 Å². The van der Waals surface area contributed by atoms with E-state index in [-0.39, 0.29) is 0 Å². The first-order valence-electron chi connectivity index (χ1n) is 5.80. The summed E-state index contributed by atoms with van der Waals surface area (Å²) in [5.41, 5.74) is 0. The van der Waals surface area contributed by atoms with Crippen LogP contribution in [0.1, 0.15) is 19.8 Å². The lowest BCUT2D eigenvalue weighted by atomic mass is 10.3. The molecule has 94 valence electrons. The van der Waals surface area contributed by atoms with Crippen molar-refractivity contribution < 1.29 is 4.74 Å². The van der Waals surface area contributed by atoms with Crippen molar-refractivity contribution >= 4 is 33.6 Å². The summed E-state index contributed by atoms with van der Waals surface area (Å²) in [6.07, 6.45) is 4.52. The topological polar surface area (TPSA) is 47.0 Å². The fourth-order valence-corrected chi connectivity index (χ4v) is 3.13. The normalized spacial score (nSPS) is 19.5. The lowest BCUT2D eigenvalue weighted by Gasteiger charge is -2.10. The number of hydrogen-bond acceptors (Lipinski definition) is 5. The zero-order chi connectivity index (χ0) is 12.1. The predicted molar refractivity (Wildman–Crippen MR) is 73.6 cm³/mol. The summed E-state index contributed by atoms with van der Waals surface area (Å²) in [5, 5.41) is 4.09. The van der Waals surface area contributed by atoms with Crippen molar-refractivity contribution in [2.75, 3.05) is 24.2 Å². The monoisotopic (exact) mass is 317 g/mol. The predicted octanol–water partition coefficient (Wildman–Crippen LogP) is 2.94. The Hall–Kier alpha value is -0.330. The second kappa shape index (κ2) is 6.56. The molecule has 0 aromatic carbocycles. The van der Waals surface area contributed by atoms with Crippen LogP contribution < -0.4 is 5.32 Å². The van der Waals surface area contributed by atoms with Gasteiger partial charge in [0.2, 0.25) is 5.95 Å². The van der Waals surface area contributed by atoms with Crippen molar-refractivity contribution in [3.05, 3.63) is 10.7 Å². The zero-order valence-corrected chi connectivity index (χ0v) is 12.2. The summed E-state index contributed by atoms with van der Waals surface area (Å²) in [4.78, 5) is 8.66. The first kappa shape index (κ1) is 13.1. The molecule has 17 heavy (non-hydrogen) atoms. The molecule has 1 aliphatic rings. The van der Waals surface area contributed by atoms with E-state index in [9.17, 15) is 0 Å². The van der Waals surface area contributed by atoms with E-state index in [2.05, 4.69) is 31.2 Å². The molecule has 0 saturated carbocycles. The highest BCUT2D eigenvalue weighted by molar-refractivity contribution is 9.10. The van der Waals surface area contributed by atoms with Crippen molar-refractivity contribution in [1.82, 2.24) is 9.97 Å². The van der Waals surface area contributed by atoms with Crippen molar-refractivity contribution in [3.8, 4) is 0 Å². The quantitative estimate of drug-likeness (QED) is 0.668. The zero-order valence-electron chi connectivity index (χ0n) is 9.78. The average Bonchev–Trinajstić information content (AvgIpc) is 2.83. The Labute approximate surface area is 114 Å². The van der Waals surface area contributed by atoms with Gasteiger partial charge >= 0.3 is 0 Å². The van der Waals surface area contributed by atoms with Gasteiger partial charge < -0.3 is 10.1 Å². The maximum Gasteiger partial charge on any atom is 0.223 e. The van der Waals surface area contributed by atoms with E-state index in [1.165, 1.54) is 6.42 Å². The van der Waals surface area contributed by atoms with E-state index in [0.29, 0.717) is 12.1 Å². The van der Waals surface area contributed by atoms with Crippen LogP contribution in [0, 0.1) is 0 Å². The van der Waals surface area contributed by atoms with Gasteiger partial charge in [-0.25, -0.2) is 9.97 Å². The van der Waals surface area contributed by atoms with E-state index in [0.717, 1.165) is 34.8 Å². The average molecular weight is 318 g/mol. The Bertz CT molecular complexity index is 372. The highest BCUT2D eigenvalue weighted by Crippen LogP contribution is 2.28. The third-order valence-electron chi connectivity index (χ3n) is 2.48. The molecule has 6 heteroatoms. The maximum absolute atomic E-state index is 5.60. The van der Waals surface area contributed by atoms with E-state index in [4.69, 9.17) is 4.74 Å². The molecular weight excluding hydrogens is 302 g/mol. The van der Waals surface area contributed by atoms with E-state index in [1.54, 1.807) is 18.0 Å². The molecule has 1 aromatic heterocycles. The van der Waals surface area contributed by atoms with Gasteiger partial charge in [-0.1, -0.05) is 0 Å². The largest absolute Gasteiger partial charge is 0.377 e. The van der Waals surface area contributed by atoms with Gasteiger partial charge in [-0.15, -0.1) is 11.8 Å². The summed E-state index contributed by atoms with van der Waals surface area (Å²) in [6.45, 7) is 3.76. The standard InChI is InChI=1S/C11H16BrN3OS/c1-2-13-11-14-6-9(12)10(15-11)17-7-8-4-3-5-16-8/h6,8H,2-5,7H2,1H3,(H,13,14,15). The molecule has 0 aliphatic carbocycles. The van der Waals surface area contributed by atoms with Gasteiger partial charge in [0.25, 0.3) is 0 Å². The van der Waals surface area contributed by atoms with E-state index in [1.807, 2.05) is 6.92 Å². The summed E-state index contributed by atoms with van der Waals surface area (Å²) in [6, 6.07) is 0. The summed E-state index contributed by atoms with van der Waals surface area (Å²) in [7, 11) is 0. The molecule has 1 aromatic rings. The van der Waals surface area contributed by atoms with Crippen molar-refractivity contribution in [3.63, 3.8) is 0 Å². The Morgan fingerprint density at radius 2 is 2.53 bits per heavy atom. The summed E-state index contributed by atoms with van der Waals surface area (Å²) in [5.74, 6) is 1.65. The number of hydrogen-bond donors (Lipinski definition) is 1. The van der Waals surface area contributed by atoms with Crippen LogP contribution in [0.4, 0.5) is 5.95 Å². The molecule has 0 spiro atoms. The smallest absolute Gasteiger partial charge is 0.223 e. The molecule has 1 N–H and O–H groups in total. The third kappa shape index (κ3) is 3.82. The maximum atomic E-state index is 5.60. The Balaban J connectivity index is 1.95. The van der Waals surface area contributed by atoms with Gasteiger partial charge in [-0.3, -0.25) is 0 Å². The Morgan fingerprint density at radius 3 is 3.24 bits per heavy atom. The van der Waals surface area contributed by atoms with E-state index >= 15 is 0 Å². The lowest BCUT2D eigenvalue weighted by Crippen LogP contribution is -2.08. The minimum atomic E-state index is 0.379. The molecule has 4 nitrogen and oxygen atoms in total. The molecule has 1 aliphatic heterocycles. The van der Waals surface area contributed by atoms with Crippen molar-refractivity contribution in [2.45, 2.75) is 30.9 Å². The fourth-order valence-electron chi connectivity index (χ4n) is 1.64. The number of nitrogens with one attached hydrogen (secondary N) is 1. The van der Waals surface area contributed by atoms with Gasteiger partial charge in [-0.05, 0) is 35.7 Å². The Kier molecular flexibility index (Phi) is 5.06. The third-order valence-corrected chi connectivity index (χ3v) is 4.44. The van der Waals surface area contributed by atoms with Crippen LogP contribution in [-0.2, 0) is 4.74 Å². The molecule has 0 radical (unpaired) electrons. The molecule has 2 rings (SSSR count). The first-order valence-corrected chi connectivity index (χ1v) is 7.58. The number of halogens is 1. The lowest BCUT2D eigenvalue weighted by molar-refractivity contribution is 0.129. The minimum absolute atomic E-state index is 0.379. The molecule has 2 heterocycles. The number of rotatable bonds is 5. The SMILES string of the molecule is CCNc1ncc(Br)c(SCC2CCCO2)n1. The molecule has 0 bridgehead atoms. The van der Waals surface area contributed by atoms with Crippen LogP contribution in [0.3, 0.4) is 0 Å². The molecule has 1 unspecified atom stereocenters. The summed E-state index contributed by atoms with van der Waals surface area (Å²) < 4.78 is 6.54. The number of anilines is 1. The number of aromatic nitrogens is 2. The number of ether oxygens (including phenoxy) is 1. The highest BCUT2D eigenvalue weighted by atomic mass is 79.9. The highest BCUT2D eigenvalue weighted by Gasteiger charge is 2.16. The van der Waals surface area contributed by atoms with Gasteiger partial charge in [0, 0.05) is 25.1 Å². The van der Waals surface area contributed by atoms with Gasteiger partial charge in [0.1, 0.15) is 5.03 Å². The fraction of sp³-hybridized carbons (Fsp3) is 0.636.